The maximum absolute atomic E-state index is 14.1. The number of fused-ring (bicyclic) bond motifs is 1. The Labute approximate surface area is 279 Å². The average molecular weight is 687 g/mol. The van der Waals surface area contributed by atoms with Crippen LogP contribution >= 0.6 is 0 Å². The summed E-state index contributed by atoms with van der Waals surface area (Å²) >= 11 is 0. The van der Waals surface area contributed by atoms with Gasteiger partial charge in [-0.3, -0.25) is 19.1 Å². The van der Waals surface area contributed by atoms with E-state index in [4.69, 9.17) is 5.10 Å². The second-order valence-electron chi connectivity index (χ2n) is 13.0. The molecule has 1 atom stereocenters. The van der Waals surface area contributed by atoms with Crippen molar-refractivity contribution >= 4 is 17.7 Å². The number of amides is 3. The molecule has 2 aromatic carbocycles. The maximum atomic E-state index is 14.1. The van der Waals surface area contributed by atoms with Crippen molar-refractivity contribution in [1.29, 1.82) is 0 Å². The van der Waals surface area contributed by atoms with Crippen LogP contribution in [-0.2, 0) is 41.8 Å². The molecule has 0 saturated carbocycles. The van der Waals surface area contributed by atoms with E-state index in [1.807, 2.05) is 0 Å². The summed E-state index contributed by atoms with van der Waals surface area (Å²) in [4.78, 5) is 41.0. The third-order valence-corrected chi connectivity index (χ3v) is 9.89. The lowest BCUT2D eigenvalue weighted by Crippen LogP contribution is -2.46. The van der Waals surface area contributed by atoms with Gasteiger partial charge in [0.15, 0.2) is 0 Å². The number of aliphatic hydroxyl groups is 2. The van der Waals surface area contributed by atoms with E-state index in [2.05, 4.69) is 15.5 Å². The van der Waals surface area contributed by atoms with Crippen LogP contribution in [0.3, 0.4) is 0 Å². The zero-order valence-corrected chi connectivity index (χ0v) is 26.7. The van der Waals surface area contributed by atoms with Gasteiger partial charge in [-0.2, -0.15) is 18.3 Å². The van der Waals surface area contributed by atoms with Crippen LogP contribution in [0.15, 0.2) is 42.5 Å². The second kappa shape index (κ2) is 13.9. The van der Waals surface area contributed by atoms with Gasteiger partial charge in [-0.25, -0.2) is 4.39 Å². The van der Waals surface area contributed by atoms with Crippen LogP contribution in [0, 0.1) is 11.2 Å². The first kappa shape index (κ1) is 34.5. The van der Waals surface area contributed by atoms with E-state index in [1.165, 1.54) is 29.2 Å². The van der Waals surface area contributed by atoms with Crippen molar-refractivity contribution in [2.45, 2.75) is 57.6 Å². The molecule has 3 aliphatic heterocycles. The molecular weight excluding hydrogens is 648 g/mol. The number of alkyl halides is 3. The number of hydrogen-bond donors (Lipinski definition) is 4. The molecule has 262 valence electrons. The van der Waals surface area contributed by atoms with Crippen LogP contribution < -0.4 is 10.6 Å². The number of halogens is 4. The number of β-amino-alcohol motifs (C(OH)–C–C–N with tert-alkyl or cyclic N) is 1. The number of hydrogen-bond acceptors (Lipinski definition) is 7. The van der Waals surface area contributed by atoms with E-state index >= 15 is 0 Å². The van der Waals surface area contributed by atoms with Crippen molar-refractivity contribution in [3.8, 4) is 11.3 Å². The molecule has 2 fully saturated rings. The lowest BCUT2D eigenvalue weighted by molar-refractivity contribution is -0.138. The zero-order valence-electron chi connectivity index (χ0n) is 26.7. The Morgan fingerprint density at radius 1 is 1.04 bits per heavy atom. The minimum Gasteiger partial charge on any atom is -0.390 e. The predicted molar refractivity (Wildman–Crippen MR) is 168 cm³/mol. The van der Waals surface area contributed by atoms with Crippen molar-refractivity contribution in [2.75, 3.05) is 39.3 Å². The van der Waals surface area contributed by atoms with Crippen molar-refractivity contribution < 1.29 is 42.2 Å². The normalized spacial score (nSPS) is 18.3. The third kappa shape index (κ3) is 7.33. The van der Waals surface area contributed by atoms with Crippen LogP contribution in [0.2, 0.25) is 0 Å². The lowest BCUT2D eigenvalue weighted by atomic mass is 9.77. The minimum atomic E-state index is -4.72. The number of nitrogens with zero attached hydrogens (tertiary/aromatic N) is 4. The van der Waals surface area contributed by atoms with E-state index < -0.39 is 48.6 Å². The lowest BCUT2D eigenvalue weighted by Gasteiger charge is -2.38. The first-order chi connectivity index (χ1) is 23.4. The van der Waals surface area contributed by atoms with Crippen LogP contribution in [0.25, 0.3) is 11.3 Å². The monoisotopic (exact) mass is 686 g/mol. The van der Waals surface area contributed by atoms with Gasteiger partial charge in [0.1, 0.15) is 12.4 Å². The highest BCUT2D eigenvalue weighted by Crippen LogP contribution is 2.39. The molecule has 1 aromatic heterocycles. The molecule has 6 rings (SSSR count). The Morgan fingerprint density at radius 3 is 2.43 bits per heavy atom. The summed E-state index contributed by atoms with van der Waals surface area (Å²) < 4.78 is 57.2. The smallest absolute Gasteiger partial charge is 0.390 e. The van der Waals surface area contributed by atoms with E-state index in [0.717, 1.165) is 30.3 Å². The van der Waals surface area contributed by atoms with E-state index in [0.29, 0.717) is 62.3 Å². The Hall–Kier alpha value is -4.34. The molecule has 15 heteroatoms. The number of likely N-dealkylation sites (tertiary alicyclic amines) is 1. The summed E-state index contributed by atoms with van der Waals surface area (Å²) in [6, 6.07) is 8.12. The molecule has 3 aliphatic rings. The zero-order chi connectivity index (χ0) is 34.9. The molecule has 1 spiro atoms. The molecule has 3 amide bonds. The highest BCUT2D eigenvalue weighted by Gasteiger charge is 2.44. The van der Waals surface area contributed by atoms with Gasteiger partial charge in [-0.1, -0.05) is 6.07 Å². The van der Waals surface area contributed by atoms with Gasteiger partial charge < -0.3 is 30.6 Å². The highest BCUT2D eigenvalue weighted by atomic mass is 19.4. The molecule has 4 N–H and O–H groups in total. The Kier molecular flexibility index (Phi) is 9.78. The van der Waals surface area contributed by atoms with E-state index in [-0.39, 0.29) is 42.1 Å². The summed E-state index contributed by atoms with van der Waals surface area (Å²) in [5.74, 6) is -1.64. The van der Waals surface area contributed by atoms with Crippen molar-refractivity contribution in [3.63, 3.8) is 0 Å². The quantitative estimate of drug-likeness (QED) is 0.254. The van der Waals surface area contributed by atoms with Crippen molar-refractivity contribution in [2.24, 2.45) is 5.41 Å². The fourth-order valence-electron chi connectivity index (χ4n) is 7.14. The molecule has 4 heterocycles. The van der Waals surface area contributed by atoms with Gasteiger partial charge in [0.2, 0.25) is 11.8 Å². The molecule has 3 aromatic rings. The molecule has 2 saturated heterocycles. The Morgan fingerprint density at radius 2 is 1.78 bits per heavy atom. The second-order valence-corrected chi connectivity index (χ2v) is 13.0. The predicted octanol–water partition coefficient (Wildman–Crippen LogP) is 2.48. The van der Waals surface area contributed by atoms with Gasteiger partial charge >= 0.3 is 6.18 Å². The van der Waals surface area contributed by atoms with Crippen molar-refractivity contribution in [3.05, 3.63) is 76.2 Å². The number of carbonyl (C=O) groups excluding carboxylic acids is 3. The van der Waals surface area contributed by atoms with Gasteiger partial charge in [-0.05, 0) is 74.3 Å². The first-order valence-electron chi connectivity index (χ1n) is 16.3. The topological polar surface area (TPSA) is 140 Å². The number of rotatable bonds is 9. The molecular formula is C34H38F4N6O5. The number of nitrogens with one attached hydrogen (secondary N) is 2. The number of piperidine rings is 1. The number of aromatic nitrogens is 2. The minimum absolute atomic E-state index is 0.0636. The maximum Gasteiger partial charge on any atom is 0.416 e. The Balaban J connectivity index is 1.25. The van der Waals surface area contributed by atoms with Gasteiger partial charge in [0, 0.05) is 61.5 Å². The largest absolute Gasteiger partial charge is 0.416 e. The average Bonchev–Trinajstić information content (AvgIpc) is 3.62. The molecule has 11 nitrogen and oxygen atoms in total. The van der Waals surface area contributed by atoms with Crippen LogP contribution in [-0.4, -0.2) is 92.9 Å². The first-order valence-corrected chi connectivity index (χ1v) is 16.3. The number of carbonyl (C=O) groups is 3. The summed E-state index contributed by atoms with van der Waals surface area (Å²) in [5, 5.41) is 30.8. The van der Waals surface area contributed by atoms with Crippen LogP contribution in [0.5, 0.6) is 0 Å². The van der Waals surface area contributed by atoms with Gasteiger partial charge in [0.05, 0.1) is 29.3 Å². The van der Waals surface area contributed by atoms with Crippen molar-refractivity contribution in [1.82, 2.24) is 30.2 Å². The molecule has 49 heavy (non-hydrogen) atoms. The van der Waals surface area contributed by atoms with E-state index in [1.54, 1.807) is 4.68 Å². The van der Waals surface area contributed by atoms with E-state index in [9.17, 15) is 42.2 Å². The summed E-state index contributed by atoms with van der Waals surface area (Å²) in [6.45, 7) is 1.62. The van der Waals surface area contributed by atoms with Crippen LogP contribution in [0.4, 0.5) is 17.6 Å². The van der Waals surface area contributed by atoms with Gasteiger partial charge in [-0.15, -0.1) is 0 Å². The fourth-order valence-corrected chi connectivity index (χ4v) is 7.14. The number of benzene rings is 2. The molecule has 0 radical (unpaired) electrons. The fraction of sp³-hybridized carbons (Fsp3) is 0.471. The SMILES string of the molecule is O=C(NCc1cc(-c2nn(CC(O)CN3CCC4(CCNC4=O)CC3)c3c2CN(C(=O)CO)CC3)ccc1C(F)(F)F)c1ccc(F)cc1. The van der Waals surface area contributed by atoms with Gasteiger partial charge in [0.25, 0.3) is 5.91 Å². The molecule has 1 unspecified atom stereocenters. The number of aliphatic hydroxyl groups excluding tert-OH is 2. The highest BCUT2D eigenvalue weighted by molar-refractivity contribution is 5.94. The third-order valence-electron chi connectivity index (χ3n) is 9.89. The summed E-state index contributed by atoms with van der Waals surface area (Å²) in [5.41, 5.74) is 0.536. The van der Waals surface area contributed by atoms with Crippen LogP contribution in [0.1, 0.15) is 52.0 Å². The summed E-state index contributed by atoms with van der Waals surface area (Å²) in [6.07, 6.45) is -2.98. The molecule has 0 bridgehead atoms. The molecule has 0 aliphatic carbocycles. The standard InChI is InChI=1S/C34H38F4N6O5/c35-24-4-1-21(2-5-24)31(48)40-16-23-15-22(3-6-27(23)34(36,37)38)30-26-19-43(29(47)20-45)12-7-28(26)44(41-30)18-25(46)17-42-13-9-33(10-14-42)8-11-39-32(33)49/h1-6,15,25,45-46H,7-14,16-20H2,(H,39,49)(H,40,48). The Bertz CT molecular complexity index is 1720. The summed E-state index contributed by atoms with van der Waals surface area (Å²) in [7, 11) is 0.